The first kappa shape index (κ1) is 22.4. The Morgan fingerprint density at radius 3 is 2.68 bits per heavy atom. The highest BCUT2D eigenvalue weighted by Gasteiger charge is 2.29. The third-order valence-corrected chi connectivity index (χ3v) is 6.64. The lowest BCUT2D eigenvalue weighted by Gasteiger charge is -2.28. The number of carbonyl (C=O) groups is 1. The first-order valence-electron chi connectivity index (χ1n) is 11.5. The normalized spacial score (nSPS) is 17.8. The summed E-state index contributed by atoms with van der Waals surface area (Å²) < 4.78 is 26.2. The zero-order chi connectivity index (χ0) is 24.0. The minimum atomic E-state index is -0.214. The summed E-state index contributed by atoms with van der Waals surface area (Å²) in [5.41, 5.74) is 2.93. The molecular formula is C26H28FN3O4. The second-order valence-electron chi connectivity index (χ2n) is 9.18. The zero-order valence-electron chi connectivity index (χ0n) is 19.6. The summed E-state index contributed by atoms with van der Waals surface area (Å²) in [6.07, 6.45) is 0.596. The van der Waals surface area contributed by atoms with E-state index in [1.54, 1.807) is 32.3 Å². The summed E-state index contributed by atoms with van der Waals surface area (Å²) in [5.74, 6) is 0.0877. The summed E-state index contributed by atoms with van der Waals surface area (Å²) in [5, 5.41) is 0.367. The van der Waals surface area contributed by atoms with Crippen LogP contribution in [0, 0.1) is 5.82 Å². The van der Waals surface area contributed by atoms with Gasteiger partial charge in [0.05, 0.1) is 18.6 Å². The molecule has 0 N–H and O–H groups in total. The quantitative estimate of drug-likeness (QED) is 0.588. The Hall–Kier alpha value is -3.39. The number of morpholine rings is 1. The zero-order valence-corrected chi connectivity index (χ0v) is 19.6. The Balaban J connectivity index is 1.65. The maximum absolute atomic E-state index is 14.4. The van der Waals surface area contributed by atoms with Gasteiger partial charge in [0.15, 0.2) is 11.3 Å². The van der Waals surface area contributed by atoms with Crippen LogP contribution in [-0.4, -0.2) is 57.2 Å². The maximum atomic E-state index is 14.4. The largest absolute Gasteiger partial charge is 0.440 e. The fourth-order valence-corrected chi connectivity index (χ4v) is 4.84. The van der Waals surface area contributed by atoms with Crippen molar-refractivity contribution in [1.29, 1.82) is 0 Å². The lowest BCUT2D eigenvalue weighted by atomic mass is 10.0. The number of ether oxygens (including phenoxy) is 1. The molecule has 2 aliphatic rings. The monoisotopic (exact) mass is 465 g/mol. The van der Waals surface area contributed by atoms with Crippen molar-refractivity contribution in [3.63, 3.8) is 0 Å². The van der Waals surface area contributed by atoms with Crippen LogP contribution in [0.1, 0.15) is 28.4 Å². The van der Waals surface area contributed by atoms with Crippen LogP contribution in [0.2, 0.25) is 0 Å². The molecular weight excluding hydrogens is 437 g/mol. The van der Waals surface area contributed by atoms with Gasteiger partial charge in [-0.1, -0.05) is 6.07 Å². The second kappa shape index (κ2) is 8.76. The number of hydrogen-bond acceptors (Lipinski definition) is 6. The summed E-state index contributed by atoms with van der Waals surface area (Å²) in [6, 6.07) is 10.1. The molecule has 1 atom stereocenters. The average molecular weight is 466 g/mol. The van der Waals surface area contributed by atoms with E-state index in [-0.39, 0.29) is 23.2 Å². The van der Waals surface area contributed by atoms with Gasteiger partial charge in [0.25, 0.3) is 5.91 Å². The summed E-state index contributed by atoms with van der Waals surface area (Å²) in [6.45, 7) is 4.84. The Kier molecular flexibility index (Phi) is 5.77. The third kappa shape index (κ3) is 3.92. The highest BCUT2D eigenvalue weighted by Crippen LogP contribution is 2.36. The number of amides is 1. The van der Waals surface area contributed by atoms with Gasteiger partial charge in [-0.3, -0.25) is 9.59 Å². The molecule has 0 bridgehead atoms. The molecule has 34 heavy (non-hydrogen) atoms. The van der Waals surface area contributed by atoms with Crippen molar-refractivity contribution >= 4 is 28.4 Å². The van der Waals surface area contributed by atoms with Crippen LogP contribution in [0.3, 0.4) is 0 Å². The van der Waals surface area contributed by atoms with Gasteiger partial charge in [0.2, 0.25) is 0 Å². The molecule has 3 aromatic rings. The van der Waals surface area contributed by atoms with Crippen LogP contribution in [0.5, 0.6) is 0 Å². The fraction of sp³-hybridized carbons (Fsp3) is 0.385. The van der Waals surface area contributed by atoms with Crippen molar-refractivity contribution in [3.8, 4) is 0 Å². The molecule has 1 saturated heterocycles. The molecule has 5 rings (SSSR count). The lowest BCUT2D eigenvalue weighted by Crippen LogP contribution is -2.36. The van der Waals surface area contributed by atoms with Crippen LogP contribution >= 0.6 is 0 Å². The van der Waals surface area contributed by atoms with Crippen molar-refractivity contribution in [2.75, 3.05) is 50.2 Å². The van der Waals surface area contributed by atoms with E-state index in [4.69, 9.17) is 9.15 Å². The van der Waals surface area contributed by atoms with Gasteiger partial charge in [0.1, 0.15) is 11.4 Å². The molecule has 0 radical (unpaired) electrons. The van der Waals surface area contributed by atoms with Gasteiger partial charge < -0.3 is 23.9 Å². The SMILES string of the molecule is C[C@@H]1Cc2c(F)cccc2N1Cc1cc(C(=O)N(C)C)cc2c(=O)cc(N3CCOCC3)oc12. The second-order valence-corrected chi connectivity index (χ2v) is 9.18. The van der Waals surface area contributed by atoms with Gasteiger partial charge >= 0.3 is 0 Å². The molecule has 2 aromatic carbocycles. The van der Waals surface area contributed by atoms with E-state index in [0.29, 0.717) is 67.2 Å². The van der Waals surface area contributed by atoms with Crippen molar-refractivity contribution in [2.45, 2.75) is 25.9 Å². The van der Waals surface area contributed by atoms with E-state index in [9.17, 15) is 14.0 Å². The van der Waals surface area contributed by atoms with Crippen LogP contribution in [0.25, 0.3) is 11.0 Å². The van der Waals surface area contributed by atoms with E-state index < -0.39 is 0 Å². The molecule has 0 spiro atoms. The molecule has 178 valence electrons. The number of carbonyl (C=O) groups excluding carboxylic acids is 1. The van der Waals surface area contributed by atoms with Gasteiger partial charge in [-0.15, -0.1) is 0 Å². The topological polar surface area (TPSA) is 66.2 Å². The molecule has 2 aliphatic heterocycles. The van der Waals surface area contributed by atoms with E-state index in [1.165, 1.54) is 17.0 Å². The van der Waals surface area contributed by atoms with Crippen molar-refractivity contribution in [3.05, 3.63) is 69.1 Å². The molecule has 0 aliphatic carbocycles. The van der Waals surface area contributed by atoms with E-state index in [0.717, 1.165) is 11.3 Å². The predicted molar refractivity (Wildman–Crippen MR) is 129 cm³/mol. The van der Waals surface area contributed by atoms with Gasteiger partial charge in [0, 0.05) is 68.2 Å². The molecule has 3 heterocycles. The van der Waals surface area contributed by atoms with Crippen molar-refractivity contribution < 1.29 is 18.3 Å². The van der Waals surface area contributed by atoms with Crippen LogP contribution in [0.4, 0.5) is 16.0 Å². The molecule has 7 nitrogen and oxygen atoms in total. The standard InChI is InChI=1S/C26H28FN3O4/c1-16-11-19-21(27)5-4-6-22(19)30(16)15-18-12-17(26(32)28(2)3)13-20-23(31)14-24(34-25(18)20)29-7-9-33-10-8-29/h4-6,12-14,16H,7-11,15H2,1-3H3/t16-/m1/s1. The van der Waals surface area contributed by atoms with E-state index in [1.807, 2.05) is 17.9 Å². The predicted octanol–water partition coefficient (Wildman–Crippen LogP) is 3.42. The molecule has 8 heteroatoms. The Bertz CT molecular complexity index is 1310. The van der Waals surface area contributed by atoms with Crippen LogP contribution < -0.4 is 15.2 Å². The summed E-state index contributed by atoms with van der Waals surface area (Å²) in [7, 11) is 3.36. The first-order chi connectivity index (χ1) is 16.3. The number of hydrogen-bond donors (Lipinski definition) is 0. The number of benzene rings is 2. The molecule has 0 unspecified atom stereocenters. The number of fused-ring (bicyclic) bond motifs is 2. The van der Waals surface area contributed by atoms with E-state index in [2.05, 4.69) is 4.90 Å². The summed E-state index contributed by atoms with van der Waals surface area (Å²) >= 11 is 0. The highest BCUT2D eigenvalue weighted by molar-refractivity contribution is 5.98. The minimum Gasteiger partial charge on any atom is -0.440 e. The lowest BCUT2D eigenvalue weighted by molar-refractivity contribution is 0.0827. The maximum Gasteiger partial charge on any atom is 0.253 e. The van der Waals surface area contributed by atoms with Crippen molar-refractivity contribution in [1.82, 2.24) is 4.90 Å². The molecule has 0 saturated carbocycles. The van der Waals surface area contributed by atoms with Crippen LogP contribution in [0.15, 0.2) is 45.6 Å². The van der Waals surface area contributed by atoms with Crippen molar-refractivity contribution in [2.24, 2.45) is 0 Å². The number of nitrogens with zero attached hydrogens (tertiary/aromatic N) is 3. The Morgan fingerprint density at radius 1 is 1.18 bits per heavy atom. The summed E-state index contributed by atoms with van der Waals surface area (Å²) in [4.78, 5) is 31.6. The molecule has 1 aromatic heterocycles. The Morgan fingerprint density at radius 2 is 1.94 bits per heavy atom. The third-order valence-electron chi connectivity index (χ3n) is 6.64. The molecule has 1 amide bonds. The number of anilines is 2. The minimum absolute atomic E-state index is 0.0595. The first-order valence-corrected chi connectivity index (χ1v) is 11.5. The van der Waals surface area contributed by atoms with Crippen LogP contribution in [-0.2, 0) is 17.7 Å². The Labute approximate surface area is 197 Å². The average Bonchev–Trinajstić information content (AvgIpc) is 3.15. The number of halogens is 1. The van der Waals surface area contributed by atoms with E-state index >= 15 is 0 Å². The van der Waals surface area contributed by atoms with Gasteiger partial charge in [-0.2, -0.15) is 0 Å². The number of rotatable bonds is 4. The smallest absolute Gasteiger partial charge is 0.253 e. The fourth-order valence-electron chi connectivity index (χ4n) is 4.84. The van der Waals surface area contributed by atoms with Gasteiger partial charge in [-0.05, 0) is 37.6 Å². The molecule has 1 fully saturated rings. The highest BCUT2D eigenvalue weighted by atomic mass is 19.1. The van der Waals surface area contributed by atoms with Gasteiger partial charge in [-0.25, -0.2) is 4.39 Å².